The molecule has 0 saturated heterocycles. The number of rotatable bonds is 2. The van der Waals surface area contributed by atoms with Crippen LogP contribution in [0.15, 0.2) is 22.7 Å². The third-order valence-corrected chi connectivity index (χ3v) is 4.66. The SMILES string of the molecule is Cc1ccc(-c2nc(N)nc(C3CCCCC3)n2)c(Br)c1. The van der Waals surface area contributed by atoms with Crippen LogP contribution >= 0.6 is 15.9 Å². The van der Waals surface area contributed by atoms with Crippen molar-refractivity contribution in [3.63, 3.8) is 0 Å². The highest BCUT2D eigenvalue weighted by atomic mass is 79.9. The molecule has 2 N–H and O–H groups in total. The first-order chi connectivity index (χ1) is 10.1. The average Bonchev–Trinajstić information content (AvgIpc) is 2.47. The number of anilines is 1. The van der Waals surface area contributed by atoms with Crippen molar-refractivity contribution in [2.24, 2.45) is 0 Å². The molecule has 21 heavy (non-hydrogen) atoms. The zero-order valence-electron chi connectivity index (χ0n) is 12.1. The molecule has 0 atom stereocenters. The van der Waals surface area contributed by atoms with Gasteiger partial charge in [-0.2, -0.15) is 9.97 Å². The van der Waals surface area contributed by atoms with E-state index >= 15 is 0 Å². The number of hydrogen-bond donors (Lipinski definition) is 1. The van der Waals surface area contributed by atoms with Gasteiger partial charge in [0, 0.05) is 16.0 Å². The van der Waals surface area contributed by atoms with E-state index in [0.717, 1.165) is 28.7 Å². The Bertz CT molecular complexity index is 651. The number of nitrogens with two attached hydrogens (primary N) is 1. The number of benzene rings is 1. The van der Waals surface area contributed by atoms with Gasteiger partial charge in [0.15, 0.2) is 5.82 Å². The molecule has 1 aliphatic rings. The molecule has 0 radical (unpaired) electrons. The maximum Gasteiger partial charge on any atom is 0.223 e. The number of hydrogen-bond acceptors (Lipinski definition) is 4. The van der Waals surface area contributed by atoms with Gasteiger partial charge < -0.3 is 5.73 Å². The van der Waals surface area contributed by atoms with Crippen LogP contribution in [0.25, 0.3) is 11.4 Å². The summed E-state index contributed by atoms with van der Waals surface area (Å²) in [6.45, 7) is 2.06. The summed E-state index contributed by atoms with van der Waals surface area (Å²) in [6, 6.07) is 6.15. The summed E-state index contributed by atoms with van der Waals surface area (Å²) in [5.74, 6) is 2.25. The van der Waals surface area contributed by atoms with Crippen molar-refractivity contribution in [1.82, 2.24) is 15.0 Å². The smallest absolute Gasteiger partial charge is 0.223 e. The summed E-state index contributed by atoms with van der Waals surface area (Å²) in [5, 5.41) is 0. The van der Waals surface area contributed by atoms with Gasteiger partial charge in [-0.05, 0) is 37.5 Å². The quantitative estimate of drug-likeness (QED) is 0.883. The van der Waals surface area contributed by atoms with E-state index in [9.17, 15) is 0 Å². The van der Waals surface area contributed by atoms with Gasteiger partial charge in [-0.1, -0.05) is 41.3 Å². The lowest BCUT2D eigenvalue weighted by Gasteiger charge is -2.20. The third-order valence-electron chi connectivity index (χ3n) is 4.01. The molecule has 0 unspecified atom stereocenters. The first kappa shape index (κ1) is 14.4. The summed E-state index contributed by atoms with van der Waals surface area (Å²) in [4.78, 5) is 13.4. The molecule has 1 aliphatic carbocycles. The Morgan fingerprint density at radius 2 is 1.86 bits per heavy atom. The number of nitrogens with zero attached hydrogens (tertiary/aromatic N) is 3. The van der Waals surface area contributed by atoms with E-state index in [-0.39, 0.29) is 0 Å². The monoisotopic (exact) mass is 346 g/mol. The van der Waals surface area contributed by atoms with Crippen LogP contribution < -0.4 is 5.73 Å². The van der Waals surface area contributed by atoms with E-state index in [0.29, 0.717) is 17.7 Å². The van der Waals surface area contributed by atoms with Crippen LogP contribution in [0.2, 0.25) is 0 Å². The Kier molecular flexibility index (Phi) is 4.19. The Labute approximate surface area is 133 Å². The summed E-state index contributed by atoms with van der Waals surface area (Å²) in [5.41, 5.74) is 8.07. The summed E-state index contributed by atoms with van der Waals surface area (Å²) in [6.07, 6.45) is 6.11. The number of nitrogen functional groups attached to an aromatic ring is 1. The molecule has 1 fully saturated rings. The molecule has 0 bridgehead atoms. The molecule has 1 heterocycles. The van der Waals surface area contributed by atoms with E-state index in [2.05, 4.69) is 49.9 Å². The fourth-order valence-corrected chi connectivity index (χ4v) is 3.55. The van der Waals surface area contributed by atoms with Crippen LogP contribution in [-0.4, -0.2) is 15.0 Å². The van der Waals surface area contributed by atoms with E-state index in [4.69, 9.17) is 5.73 Å². The first-order valence-electron chi connectivity index (χ1n) is 7.41. The lowest BCUT2D eigenvalue weighted by atomic mass is 9.89. The van der Waals surface area contributed by atoms with Crippen molar-refractivity contribution in [3.05, 3.63) is 34.1 Å². The highest BCUT2D eigenvalue weighted by Crippen LogP contribution is 2.33. The van der Waals surface area contributed by atoms with Gasteiger partial charge in [-0.3, -0.25) is 0 Å². The summed E-state index contributed by atoms with van der Waals surface area (Å²) in [7, 11) is 0. The number of aromatic nitrogens is 3. The molecular formula is C16H19BrN4. The van der Waals surface area contributed by atoms with E-state index in [1.54, 1.807) is 0 Å². The van der Waals surface area contributed by atoms with E-state index in [1.165, 1.54) is 24.8 Å². The summed E-state index contributed by atoms with van der Waals surface area (Å²) < 4.78 is 0.989. The van der Waals surface area contributed by atoms with Gasteiger partial charge in [0.05, 0.1) is 0 Å². The van der Waals surface area contributed by atoms with Gasteiger partial charge in [0.2, 0.25) is 5.95 Å². The molecule has 5 heteroatoms. The Morgan fingerprint density at radius 3 is 2.57 bits per heavy atom. The fraction of sp³-hybridized carbons (Fsp3) is 0.438. The fourth-order valence-electron chi connectivity index (χ4n) is 2.87. The maximum absolute atomic E-state index is 5.91. The topological polar surface area (TPSA) is 64.7 Å². The van der Waals surface area contributed by atoms with Crippen molar-refractivity contribution in [2.75, 3.05) is 5.73 Å². The van der Waals surface area contributed by atoms with Gasteiger partial charge in [-0.25, -0.2) is 4.98 Å². The standard InChI is InChI=1S/C16H19BrN4/c1-10-7-8-12(13(17)9-10)15-19-14(20-16(18)21-15)11-5-3-2-4-6-11/h7-9,11H,2-6H2,1H3,(H2,18,19,20,21). The van der Waals surface area contributed by atoms with E-state index in [1.807, 2.05) is 6.07 Å². The zero-order chi connectivity index (χ0) is 14.8. The van der Waals surface area contributed by atoms with Crippen LogP contribution in [0.5, 0.6) is 0 Å². The Morgan fingerprint density at radius 1 is 1.10 bits per heavy atom. The van der Waals surface area contributed by atoms with Crippen molar-refractivity contribution in [3.8, 4) is 11.4 Å². The normalized spacial score (nSPS) is 16.1. The second-order valence-corrected chi connectivity index (χ2v) is 6.55. The molecular weight excluding hydrogens is 328 g/mol. The van der Waals surface area contributed by atoms with E-state index < -0.39 is 0 Å². The molecule has 1 saturated carbocycles. The van der Waals surface area contributed by atoms with Crippen molar-refractivity contribution < 1.29 is 0 Å². The maximum atomic E-state index is 5.91. The Balaban J connectivity index is 2.00. The minimum absolute atomic E-state index is 0.313. The minimum Gasteiger partial charge on any atom is -0.368 e. The van der Waals surface area contributed by atoms with Crippen LogP contribution in [0.1, 0.15) is 49.4 Å². The average molecular weight is 347 g/mol. The van der Waals surface area contributed by atoms with Gasteiger partial charge in [0.25, 0.3) is 0 Å². The van der Waals surface area contributed by atoms with Crippen LogP contribution in [0.4, 0.5) is 5.95 Å². The van der Waals surface area contributed by atoms with Crippen molar-refractivity contribution in [1.29, 1.82) is 0 Å². The van der Waals surface area contributed by atoms with Crippen LogP contribution in [0, 0.1) is 6.92 Å². The highest BCUT2D eigenvalue weighted by molar-refractivity contribution is 9.10. The van der Waals surface area contributed by atoms with Crippen LogP contribution in [0.3, 0.4) is 0 Å². The molecule has 110 valence electrons. The molecule has 1 aromatic carbocycles. The molecule has 0 amide bonds. The predicted octanol–water partition coefficient (Wildman–Crippen LogP) is 4.24. The van der Waals surface area contributed by atoms with Crippen LogP contribution in [-0.2, 0) is 0 Å². The largest absolute Gasteiger partial charge is 0.368 e. The molecule has 2 aromatic rings. The molecule has 1 aromatic heterocycles. The zero-order valence-corrected chi connectivity index (χ0v) is 13.7. The lowest BCUT2D eigenvalue weighted by molar-refractivity contribution is 0.428. The van der Waals surface area contributed by atoms with Gasteiger partial charge in [-0.15, -0.1) is 0 Å². The Hall–Kier alpha value is -1.49. The van der Waals surface area contributed by atoms with Gasteiger partial charge >= 0.3 is 0 Å². The molecule has 0 spiro atoms. The van der Waals surface area contributed by atoms with Crippen molar-refractivity contribution >= 4 is 21.9 Å². The molecule has 3 rings (SSSR count). The summed E-state index contributed by atoms with van der Waals surface area (Å²) >= 11 is 3.59. The molecule has 0 aliphatic heterocycles. The molecule has 4 nitrogen and oxygen atoms in total. The number of aryl methyl sites for hydroxylation is 1. The lowest BCUT2D eigenvalue weighted by Crippen LogP contribution is -2.12. The van der Waals surface area contributed by atoms with Gasteiger partial charge in [0.1, 0.15) is 5.82 Å². The van der Waals surface area contributed by atoms with Crippen molar-refractivity contribution in [2.45, 2.75) is 44.9 Å². The minimum atomic E-state index is 0.313. The number of halogens is 1. The first-order valence-corrected chi connectivity index (χ1v) is 8.21. The highest BCUT2D eigenvalue weighted by Gasteiger charge is 2.20. The second-order valence-electron chi connectivity index (χ2n) is 5.69. The third kappa shape index (κ3) is 3.23. The predicted molar refractivity (Wildman–Crippen MR) is 87.9 cm³/mol. The second kappa shape index (κ2) is 6.10.